The summed E-state index contributed by atoms with van der Waals surface area (Å²) in [4.78, 5) is 4.04. The molecule has 1 N–H and O–H groups in total. The molecule has 1 heterocycles. The number of nitrogens with one attached hydrogen (secondary N) is 1. The van der Waals surface area contributed by atoms with Crippen molar-refractivity contribution in [2.75, 3.05) is 4.72 Å². The summed E-state index contributed by atoms with van der Waals surface area (Å²) in [6.45, 7) is 3.84. The molecule has 6 nitrogen and oxygen atoms in total. The summed E-state index contributed by atoms with van der Waals surface area (Å²) < 4.78 is 30.9. The lowest BCUT2D eigenvalue weighted by Crippen LogP contribution is -2.14. The molecule has 0 atom stereocenters. The van der Waals surface area contributed by atoms with Crippen molar-refractivity contribution in [1.82, 2.24) is 9.36 Å². The molecule has 0 aliphatic rings. The minimum absolute atomic E-state index is 0.0659. The van der Waals surface area contributed by atoms with Crippen LogP contribution < -0.4 is 4.72 Å². The highest BCUT2D eigenvalue weighted by Crippen LogP contribution is 2.22. The largest absolute Gasteiger partial charge is 0.265 e. The molecule has 0 radical (unpaired) electrons. The number of anilines is 1. The Kier molecular flexibility index (Phi) is 4.01. The smallest absolute Gasteiger partial charge is 0.253 e. The summed E-state index contributed by atoms with van der Waals surface area (Å²) in [7, 11) is -3.83. The first-order valence-electron chi connectivity index (χ1n) is 5.79. The second-order valence-electron chi connectivity index (χ2n) is 4.33. The van der Waals surface area contributed by atoms with Crippen LogP contribution in [0.15, 0.2) is 29.2 Å². The molecule has 104 valence electrons. The summed E-state index contributed by atoms with van der Waals surface area (Å²) in [5.74, 6) is 0.706. The molecule has 1 aromatic carbocycles. The number of hydrogen-bond acceptors (Lipinski definition) is 6. The molecular formula is C12H12N4O2S2. The van der Waals surface area contributed by atoms with Gasteiger partial charge in [-0.2, -0.15) is 9.64 Å². The molecule has 2 rings (SSSR count). The fourth-order valence-electron chi connectivity index (χ4n) is 1.47. The van der Waals surface area contributed by atoms with E-state index in [0.29, 0.717) is 5.82 Å². The van der Waals surface area contributed by atoms with E-state index in [-0.39, 0.29) is 21.5 Å². The van der Waals surface area contributed by atoms with Gasteiger partial charge in [0.2, 0.25) is 5.13 Å². The Morgan fingerprint density at radius 3 is 2.65 bits per heavy atom. The minimum atomic E-state index is -3.83. The second kappa shape index (κ2) is 5.56. The van der Waals surface area contributed by atoms with Crippen LogP contribution in [0.4, 0.5) is 5.13 Å². The van der Waals surface area contributed by atoms with Gasteiger partial charge in [-0.3, -0.25) is 4.72 Å². The predicted octanol–water partition coefficient (Wildman–Crippen LogP) is 2.33. The van der Waals surface area contributed by atoms with Crippen LogP contribution in [-0.2, 0) is 10.0 Å². The predicted molar refractivity (Wildman–Crippen MR) is 76.0 cm³/mol. The van der Waals surface area contributed by atoms with Crippen molar-refractivity contribution < 1.29 is 8.42 Å². The fraction of sp³-hybridized carbons (Fsp3) is 0.250. The zero-order valence-electron chi connectivity index (χ0n) is 10.9. The van der Waals surface area contributed by atoms with Crippen LogP contribution in [0.5, 0.6) is 0 Å². The van der Waals surface area contributed by atoms with Gasteiger partial charge in [0.05, 0.1) is 5.56 Å². The highest BCUT2D eigenvalue weighted by atomic mass is 32.2. The SMILES string of the molecule is CC(C)c1nsc(NS(=O)(=O)c2ccccc2C#N)n1. The van der Waals surface area contributed by atoms with E-state index in [4.69, 9.17) is 5.26 Å². The molecule has 0 unspecified atom stereocenters. The monoisotopic (exact) mass is 308 g/mol. The van der Waals surface area contributed by atoms with Gasteiger partial charge in [0.1, 0.15) is 16.8 Å². The Morgan fingerprint density at radius 1 is 1.35 bits per heavy atom. The molecule has 8 heteroatoms. The molecule has 0 saturated carbocycles. The Morgan fingerprint density at radius 2 is 2.05 bits per heavy atom. The standard InChI is InChI=1S/C12H12N4O2S2/c1-8(2)11-14-12(19-15-11)16-20(17,18)10-6-4-3-5-9(10)7-13/h3-6,8H,1-2H3,(H,14,15,16). The van der Waals surface area contributed by atoms with Gasteiger partial charge < -0.3 is 0 Å². The normalized spacial score (nSPS) is 11.3. The van der Waals surface area contributed by atoms with Crippen molar-refractivity contribution in [3.8, 4) is 6.07 Å². The van der Waals surface area contributed by atoms with Crippen molar-refractivity contribution >= 4 is 26.7 Å². The van der Waals surface area contributed by atoms with Gasteiger partial charge in [0.25, 0.3) is 10.0 Å². The number of rotatable bonds is 4. The van der Waals surface area contributed by atoms with Gasteiger partial charge in [-0.1, -0.05) is 26.0 Å². The summed E-state index contributed by atoms with van der Waals surface area (Å²) in [6, 6.07) is 7.87. The lowest BCUT2D eigenvalue weighted by atomic mass is 10.2. The average molecular weight is 308 g/mol. The molecule has 0 aliphatic heterocycles. The number of hydrogen-bond donors (Lipinski definition) is 1. The van der Waals surface area contributed by atoms with E-state index in [1.165, 1.54) is 12.1 Å². The van der Waals surface area contributed by atoms with Gasteiger partial charge in [-0.15, -0.1) is 0 Å². The van der Waals surface area contributed by atoms with Gasteiger partial charge >= 0.3 is 0 Å². The van der Waals surface area contributed by atoms with Crippen LogP contribution in [-0.4, -0.2) is 17.8 Å². The molecule has 0 bridgehead atoms. The van der Waals surface area contributed by atoms with E-state index in [1.54, 1.807) is 12.1 Å². The molecule has 0 amide bonds. The van der Waals surface area contributed by atoms with Gasteiger partial charge in [-0.05, 0) is 12.1 Å². The van der Waals surface area contributed by atoms with Crippen molar-refractivity contribution in [3.63, 3.8) is 0 Å². The van der Waals surface area contributed by atoms with E-state index >= 15 is 0 Å². The maximum absolute atomic E-state index is 12.2. The van der Waals surface area contributed by atoms with Crippen molar-refractivity contribution in [2.45, 2.75) is 24.7 Å². The Labute approximate surface area is 121 Å². The molecule has 2 aromatic rings. The Hall–Kier alpha value is -1.98. The summed E-state index contributed by atoms with van der Waals surface area (Å²) in [5.41, 5.74) is 0.0913. The third-order valence-corrected chi connectivity index (χ3v) is 4.65. The maximum atomic E-state index is 12.2. The van der Waals surface area contributed by atoms with Crippen molar-refractivity contribution in [3.05, 3.63) is 35.7 Å². The third kappa shape index (κ3) is 2.95. The van der Waals surface area contributed by atoms with Crippen molar-refractivity contribution in [2.24, 2.45) is 0 Å². The number of nitrogens with zero attached hydrogens (tertiary/aromatic N) is 3. The highest BCUT2D eigenvalue weighted by Gasteiger charge is 2.20. The number of aromatic nitrogens is 2. The van der Waals surface area contributed by atoms with Crippen LogP contribution in [0, 0.1) is 11.3 Å². The topological polar surface area (TPSA) is 95.7 Å². The zero-order chi connectivity index (χ0) is 14.8. The second-order valence-corrected chi connectivity index (χ2v) is 6.73. The van der Waals surface area contributed by atoms with E-state index in [2.05, 4.69) is 14.1 Å². The fourth-order valence-corrected chi connectivity index (χ4v) is 3.56. The Balaban J connectivity index is 2.34. The van der Waals surface area contributed by atoms with Gasteiger partial charge in [0, 0.05) is 17.5 Å². The number of sulfonamides is 1. The van der Waals surface area contributed by atoms with Crippen LogP contribution in [0.3, 0.4) is 0 Å². The lowest BCUT2D eigenvalue weighted by molar-refractivity contribution is 0.601. The van der Waals surface area contributed by atoms with E-state index in [0.717, 1.165) is 11.5 Å². The quantitative estimate of drug-likeness (QED) is 0.935. The summed E-state index contributed by atoms with van der Waals surface area (Å²) in [6.07, 6.45) is 0. The highest BCUT2D eigenvalue weighted by molar-refractivity contribution is 7.93. The van der Waals surface area contributed by atoms with E-state index in [1.807, 2.05) is 19.9 Å². The van der Waals surface area contributed by atoms with Gasteiger partial charge in [0.15, 0.2) is 0 Å². The molecule has 0 fully saturated rings. The zero-order valence-corrected chi connectivity index (χ0v) is 12.5. The minimum Gasteiger partial charge on any atom is -0.253 e. The third-order valence-electron chi connectivity index (χ3n) is 2.48. The first-order valence-corrected chi connectivity index (χ1v) is 8.05. The van der Waals surface area contributed by atoms with Gasteiger partial charge in [-0.25, -0.2) is 13.4 Å². The Bertz CT molecular complexity index is 760. The van der Waals surface area contributed by atoms with Crippen LogP contribution in [0.2, 0.25) is 0 Å². The molecule has 0 saturated heterocycles. The number of nitriles is 1. The molecule has 20 heavy (non-hydrogen) atoms. The van der Waals surface area contributed by atoms with E-state index < -0.39 is 10.0 Å². The molecule has 0 aliphatic carbocycles. The molecule has 1 aromatic heterocycles. The lowest BCUT2D eigenvalue weighted by Gasteiger charge is -2.05. The molecular weight excluding hydrogens is 296 g/mol. The first kappa shape index (κ1) is 14.4. The average Bonchev–Trinajstić information content (AvgIpc) is 2.86. The molecule has 0 spiro atoms. The van der Waals surface area contributed by atoms with Crippen molar-refractivity contribution in [1.29, 1.82) is 5.26 Å². The number of benzene rings is 1. The van der Waals surface area contributed by atoms with Crippen LogP contribution >= 0.6 is 11.5 Å². The first-order chi connectivity index (χ1) is 9.44. The van der Waals surface area contributed by atoms with Crippen LogP contribution in [0.25, 0.3) is 0 Å². The summed E-state index contributed by atoms with van der Waals surface area (Å²) >= 11 is 0.979. The summed E-state index contributed by atoms with van der Waals surface area (Å²) in [5, 5.41) is 9.15. The van der Waals surface area contributed by atoms with Crippen LogP contribution in [0.1, 0.15) is 31.2 Å². The van der Waals surface area contributed by atoms with E-state index in [9.17, 15) is 8.42 Å². The maximum Gasteiger partial charge on any atom is 0.265 e.